The standard InChI is InChI=1S/C14H18N2O3/c1-8-3-6-11(7-9(8)2)15-14(19)16-12(13(17)18)10-4-5-10/h3,6-7,10,12H,4-5H2,1-2H3,(H,17,18)(H2,15,16,19). The molecule has 1 unspecified atom stereocenters. The largest absolute Gasteiger partial charge is 0.480 e. The highest BCUT2D eigenvalue weighted by Gasteiger charge is 2.37. The lowest BCUT2D eigenvalue weighted by Gasteiger charge is -2.14. The molecule has 3 N–H and O–H groups in total. The van der Waals surface area contributed by atoms with E-state index in [9.17, 15) is 9.59 Å². The summed E-state index contributed by atoms with van der Waals surface area (Å²) >= 11 is 0. The molecule has 0 heterocycles. The number of carbonyl (C=O) groups is 2. The molecule has 1 fully saturated rings. The molecule has 0 radical (unpaired) electrons. The molecule has 2 rings (SSSR count). The van der Waals surface area contributed by atoms with Gasteiger partial charge in [-0.05, 0) is 55.9 Å². The van der Waals surface area contributed by atoms with Gasteiger partial charge in [-0.15, -0.1) is 0 Å². The highest BCUT2D eigenvalue weighted by atomic mass is 16.4. The SMILES string of the molecule is Cc1ccc(NC(=O)NC(C(=O)O)C2CC2)cc1C. The maximum Gasteiger partial charge on any atom is 0.326 e. The lowest BCUT2D eigenvalue weighted by molar-refractivity contribution is -0.139. The Morgan fingerprint density at radius 3 is 2.47 bits per heavy atom. The van der Waals surface area contributed by atoms with Crippen LogP contribution in [0.5, 0.6) is 0 Å². The zero-order valence-corrected chi connectivity index (χ0v) is 11.1. The Bertz CT molecular complexity index is 509. The van der Waals surface area contributed by atoms with Crippen LogP contribution in [0.4, 0.5) is 10.5 Å². The minimum absolute atomic E-state index is 0.0722. The molecule has 1 aliphatic rings. The Balaban J connectivity index is 1.96. The zero-order chi connectivity index (χ0) is 14.0. The van der Waals surface area contributed by atoms with E-state index in [1.807, 2.05) is 26.0 Å². The zero-order valence-electron chi connectivity index (χ0n) is 11.1. The van der Waals surface area contributed by atoms with E-state index in [0.717, 1.165) is 24.0 Å². The molecule has 1 aromatic carbocycles. The average molecular weight is 262 g/mol. The van der Waals surface area contributed by atoms with Crippen molar-refractivity contribution in [3.05, 3.63) is 29.3 Å². The van der Waals surface area contributed by atoms with Gasteiger partial charge in [-0.2, -0.15) is 0 Å². The van der Waals surface area contributed by atoms with Gasteiger partial charge in [0, 0.05) is 5.69 Å². The summed E-state index contributed by atoms with van der Waals surface area (Å²) in [5.41, 5.74) is 2.89. The molecule has 19 heavy (non-hydrogen) atoms. The van der Waals surface area contributed by atoms with Gasteiger partial charge >= 0.3 is 12.0 Å². The van der Waals surface area contributed by atoms with E-state index < -0.39 is 18.0 Å². The van der Waals surface area contributed by atoms with Gasteiger partial charge in [0.05, 0.1) is 0 Å². The number of carbonyl (C=O) groups excluding carboxylic acids is 1. The number of amides is 2. The fourth-order valence-corrected chi connectivity index (χ4v) is 1.94. The first-order valence-corrected chi connectivity index (χ1v) is 6.35. The van der Waals surface area contributed by atoms with Gasteiger partial charge in [-0.25, -0.2) is 9.59 Å². The molecule has 5 heteroatoms. The predicted octanol–water partition coefficient (Wildman–Crippen LogP) is 2.29. The molecule has 1 saturated carbocycles. The second-order valence-corrected chi connectivity index (χ2v) is 5.05. The summed E-state index contributed by atoms with van der Waals surface area (Å²) in [7, 11) is 0. The quantitative estimate of drug-likeness (QED) is 0.779. The molecule has 1 atom stereocenters. The van der Waals surface area contributed by atoms with Gasteiger partial charge in [0.2, 0.25) is 0 Å². The number of urea groups is 1. The second-order valence-electron chi connectivity index (χ2n) is 5.05. The van der Waals surface area contributed by atoms with Crippen LogP contribution in [0.3, 0.4) is 0 Å². The van der Waals surface area contributed by atoms with Crippen molar-refractivity contribution in [2.75, 3.05) is 5.32 Å². The van der Waals surface area contributed by atoms with Crippen LogP contribution in [0.25, 0.3) is 0 Å². The summed E-state index contributed by atoms with van der Waals surface area (Å²) in [4.78, 5) is 22.8. The topological polar surface area (TPSA) is 78.4 Å². The molecule has 1 aliphatic carbocycles. The number of nitrogens with one attached hydrogen (secondary N) is 2. The first kappa shape index (κ1) is 13.4. The Labute approximate surface area is 112 Å². The fourth-order valence-electron chi connectivity index (χ4n) is 1.94. The van der Waals surface area contributed by atoms with Crippen LogP contribution in [0.1, 0.15) is 24.0 Å². The van der Waals surface area contributed by atoms with Gasteiger partial charge in [0.15, 0.2) is 0 Å². The van der Waals surface area contributed by atoms with Crippen LogP contribution in [-0.2, 0) is 4.79 Å². The van der Waals surface area contributed by atoms with Crippen molar-refractivity contribution in [2.45, 2.75) is 32.7 Å². The van der Waals surface area contributed by atoms with Crippen molar-refractivity contribution >= 4 is 17.7 Å². The fraction of sp³-hybridized carbons (Fsp3) is 0.429. The highest BCUT2D eigenvalue weighted by Crippen LogP contribution is 2.32. The Hall–Kier alpha value is -2.04. The second kappa shape index (κ2) is 5.30. The number of carboxylic acids is 1. The van der Waals surface area contributed by atoms with Crippen LogP contribution < -0.4 is 10.6 Å². The number of rotatable bonds is 4. The molecule has 0 aromatic heterocycles. The minimum Gasteiger partial charge on any atom is -0.480 e. The van der Waals surface area contributed by atoms with Crippen molar-refractivity contribution in [1.29, 1.82) is 0 Å². The maximum atomic E-state index is 11.8. The van der Waals surface area contributed by atoms with Crippen LogP contribution in [0.2, 0.25) is 0 Å². The molecular weight excluding hydrogens is 244 g/mol. The van der Waals surface area contributed by atoms with Gasteiger partial charge in [-0.1, -0.05) is 6.07 Å². The highest BCUT2D eigenvalue weighted by molar-refractivity contribution is 5.92. The number of aryl methyl sites for hydroxylation is 2. The molecule has 5 nitrogen and oxygen atoms in total. The van der Waals surface area contributed by atoms with Gasteiger partial charge < -0.3 is 15.7 Å². The maximum absolute atomic E-state index is 11.8. The summed E-state index contributed by atoms with van der Waals surface area (Å²) in [5, 5.41) is 14.2. The van der Waals surface area contributed by atoms with Crippen molar-refractivity contribution in [2.24, 2.45) is 5.92 Å². The number of hydrogen-bond donors (Lipinski definition) is 3. The van der Waals surface area contributed by atoms with Crippen LogP contribution >= 0.6 is 0 Å². The average Bonchev–Trinajstić information content (AvgIpc) is 3.14. The molecule has 0 bridgehead atoms. The van der Waals surface area contributed by atoms with E-state index in [-0.39, 0.29) is 5.92 Å². The third-order valence-electron chi connectivity index (χ3n) is 3.41. The molecule has 0 spiro atoms. The third kappa shape index (κ3) is 3.47. The van der Waals surface area contributed by atoms with Crippen molar-refractivity contribution in [3.63, 3.8) is 0 Å². The van der Waals surface area contributed by atoms with Gasteiger partial charge in [0.25, 0.3) is 0 Å². The smallest absolute Gasteiger partial charge is 0.326 e. The van der Waals surface area contributed by atoms with E-state index >= 15 is 0 Å². The first-order chi connectivity index (χ1) is 8.97. The number of benzene rings is 1. The first-order valence-electron chi connectivity index (χ1n) is 6.35. The molecule has 102 valence electrons. The van der Waals surface area contributed by atoms with E-state index in [0.29, 0.717) is 5.69 Å². The van der Waals surface area contributed by atoms with Crippen molar-refractivity contribution < 1.29 is 14.7 Å². The lowest BCUT2D eigenvalue weighted by Crippen LogP contribution is -2.44. The van der Waals surface area contributed by atoms with E-state index in [4.69, 9.17) is 5.11 Å². The number of anilines is 1. The minimum atomic E-state index is -0.974. The van der Waals surface area contributed by atoms with Crippen LogP contribution in [0.15, 0.2) is 18.2 Å². The molecular formula is C14H18N2O3. The third-order valence-corrected chi connectivity index (χ3v) is 3.41. The molecule has 1 aromatic rings. The normalized spacial score (nSPS) is 15.7. The van der Waals surface area contributed by atoms with Crippen LogP contribution in [0, 0.1) is 19.8 Å². The summed E-state index contributed by atoms with van der Waals surface area (Å²) in [5.74, 6) is -0.902. The number of carboxylic acid groups (broad SMARTS) is 1. The van der Waals surface area contributed by atoms with Gasteiger partial charge in [-0.3, -0.25) is 0 Å². The van der Waals surface area contributed by atoms with Crippen molar-refractivity contribution in [1.82, 2.24) is 5.32 Å². The molecule has 2 amide bonds. The Morgan fingerprint density at radius 1 is 1.26 bits per heavy atom. The monoisotopic (exact) mass is 262 g/mol. The molecule has 0 aliphatic heterocycles. The summed E-state index contributed by atoms with van der Waals surface area (Å²) in [6.45, 7) is 3.95. The Kier molecular flexibility index (Phi) is 3.74. The van der Waals surface area contributed by atoms with Crippen molar-refractivity contribution in [3.8, 4) is 0 Å². The predicted molar refractivity (Wildman–Crippen MR) is 72.2 cm³/mol. The lowest BCUT2D eigenvalue weighted by atomic mass is 10.1. The number of aliphatic carboxylic acids is 1. The summed E-state index contributed by atoms with van der Waals surface area (Å²) in [6.07, 6.45) is 1.72. The van der Waals surface area contributed by atoms with E-state index in [2.05, 4.69) is 10.6 Å². The Morgan fingerprint density at radius 2 is 1.95 bits per heavy atom. The van der Waals surface area contributed by atoms with Crippen LogP contribution in [-0.4, -0.2) is 23.1 Å². The van der Waals surface area contributed by atoms with Gasteiger partial charge in [0.1, 0.15) is 6.04 Å². The summed E-state index contributed by atoms with van der Waals surface area (Å²) in [6, 6.07) is 4.33. The summed E-state index contributed by atoms with van der Waals surface area (Å²) < 4.78 is 0. The van der Waals surface area contributed by atoms with E-state index in [1.54, 1.807) is 6.07 Å². The number of hydrogen-bond acceptors (Lipinski definition) is 2. The van der Waals surface area contributed by atoms with E-state index in [1.165, 1.54) is 0 Å². The molecule has 0 saturated heterocycles.